The van der Waals surface area contributed by atoms with Crippen molar-refractivity contribution in [1.29, 1.82) is 0 Å². The van der Waals surface area contributed by atoms with Crippen LogP contribution in [0, 0.1) is 11.8 Å². The van der Waals surface area contributed by atoms with Gasteiger partial charge >= 0.3 is 12.1 Å². The zero-order valence-electron chi connectivity index (χ0n) is 20.5. The van der Waals surface area contributed by atoms with Gasteiger partial charge in [-0.05, 0) is 34.7 Å². The number of carboxylic acids is 1. The molecule has 1 aliphatic carbocycles. The second-order valence-electron chi connectivity index (χ2n) is 8.73. The number of carbonyl (C=O) groups excluding carboxylic acids is 2. The van der Waals surface area contributed by atoms with Crippen LogP contribution in [0.3, 0.4) is 0 Å². The summed E-state index contributed by atoms with van der Waals surface area (Å²) < 4.78 is 5.59. The highest BCUT2D eigenvalue weighted by molar-refractivity contribution is 5.88. The minimum Gasteiger partial charge on any atom is -0.480 e. The molecule has 1 unspecified atom stereocenters. The average Bonchev–Trinajstić information content (AvgIpc) is 3.23. The van der Waals surface area contributed by atoms with E-state index >= 15 is 0 Å². The molecular formula is C30H28N2O5. The molecule has 4 rings (SSSR count). The Kier molecular flexibility index (Phi) is 8.22. The fraction of sp³-hybridized carbons (Fsp3) is 0.233. The molecule has 0 spiro atoms. The van der Waals surface area contributed by atoms with Crippen molar-refractivity contribution in [3.63, 3.8) is 0 Å². The van der Waals surface area contributed by atoms with Crippen LogP contribution in [0.2, 0.25) is 0 Å². The first-order valence-corrected chi connectivity index (χ1v) is 12.0. The second kappa shape index (κ2) is 11.9. The summed E-state index contributed by atoms with van der Waals surface area (Å²) in [5, 5.41) is 12.0. The number of hydrogen-bond donors (Lipinski definition) is 2. The Hall–Kier alpha value is -4.57. The van der Waals surface area contributed by atoms with Crippen molar-refractivity contribution in [2.45, 2.75) is 31.8 Å². The van der Waals surface area contributed by atoms with Crippen LogP contribution in [0.5, 0.6) is 0 Å². The second-order valence-corrected chi connectivity index (χ2v) is 8.73. The monoisotopic (exact) mass is 496 g/mol. The molecule has 37 heavy (non-hydrogen) atoms. The first-order chi connectivity index (χ1) is 18.0. The molecule has 3 aromatic carbocycles. The standard InChI is InChI=1S/C30H28N2O5/c1-2-3-17-27(29(35)32(19-28(33)34)18-21-11-5-4-6-12-21)31-30(36)37-20-26-24-15-9-7-13-22(24)23-14-8-10-16-25(23)26/h4-16,26-27H,17-20H2,1H3,(H,31,36)(H,33,34). The van der Waals surface area contributed by atoms with Gasteiger partial charge in [0.25, 0.3) is 0 Å². The minimum absolute atomic E-state index is 0.0322. The van der Waals surface area contributed by atoms with Gasteiger partial charge in [-0.3, -0.25) is 9.59 Å². The number of nitrogens with zero attached hydrogens (tertiary/aromatic N) is 1. The Morgan fingerprint density at radius 1 is 0.946 bits per heavy atom. The van der Waals surface area contributed by atoms with Crippen molar-refractivity contribution in [2.24, 2.45) is 0 Å². The number of alkyl carbamates (subject to hydrolysis) is 1. The lowest BCUT2D eigenvalue weighted by Crippen LogP contribution is -2.49. The van der Waals surface area contributed by atoms with Gasteiger partial charge < -0.3 is 20.1 Å². The molecule has 2 amide bonds. The lowest BCUT2D eigenvalue weighted by atomic mass is 9.98. The maximum absolute atomic E-state index is 13.3. The molecular weight excluding hydrogens is 468 g/mol. The number of rotatable bonds is 9. The van der Waals surface area contributed by atoms with E-state index in [4.69, 9.17) is 4.74 Å². The van der Waals surface area contributed by atoms with Gasteiger partial charge in [0.05, 0.1) is 0 Å². The van der Waals surface area contributed by atoms with Crippen LogP contribution in [-0.4, -0.2) is 47.2 Å². The summed E-state index contributed by atoms with van der Waals surface area (Å²) >= 11 is 0. The number of fused-ring (bicyclic) bond motifs is 3. The third-order valence-corrected chi connectivity index (χ3v) is 6.27. The highest BCUT2D eigenvalue weighted by Gasteiger charge is 2.31. The predicted octanol–water partition coefficient (Wildman–Crippen LogP) is 4.42. The summed E-state index contributed by atoms with van der Waals surface area (Å²) in [7, 11) is 0. The molecule has 0 saturated heterocycles. The van der Waals surface area contributed by atoms with Gasteiger partial charge in [0.15, 0.2) is 0 Å². The number of benzene rings is 3. The van der Waals surface area contributed by atoms with Gasteiger partial charge in [-0.25, -0.2) is 4.79 Å². The van der Waals surface area contributed by atoms with Crippen molar-refractivity contribution >= 4 is 18.0 Å². The third-order valence-electron chi connectivity index (χ3n) is 6.27. The zero-order chi connectivity index (χ0) is 26.2. The van der Waals surface area contributed by atoms with Crippen molar-refractivity contribution < 1.29 is 24.2 Å². The van der Waals surface area contributed by atoms with E-state index in [-0.39, 0.29) is 25.5 Å². The van der Waals surface area contributed by atoms with Crippen LogP contribution in [-0.2, 0) is 20.9 Å². The van der Waals surface area contributed by atoms with Crippen LogP contribution in [0.4, 0.5) is 4.79 Å². The van der Waals surface area contributed by atoms with Gasteiger partial charge in [0.2, 0.25) is 5.91 Å². The minimum atomic E-state index is -1.15. The number of ether oxygens (including phenoxy) is 1. The van der Waals surface area contributed by atoms with Crippen LogP contribution in [0.25, 0.3) is 11.1 Å². The van der Waals surface area contributed by atoms with Gasteiger partial charge in [0, 0.05) is 18.9 Å². The molecule has 0 saturated carbocycles. The van der Waals surface area contributed by atoms with Gasteiger partial charge in [-0.1, -0.05) is 78.9 Å². The van der Waals surface area contributed by atoms with E-state index in [1.54, 1.807) is 6.92 Å². The summed E-state index contributed by atoms with van der Waals surface area (Å²) in [5.41, 5.74) is 5.17. The highest BCUT2D eigenvalue weighted by Crippen LogP contribution is 2.44. The number of hydrogen-bond acceptors (Lipinski definition) is 4. The van der Waals surface area contributed by atoms with E-state index in [0.717, 1.165) is 27.8 Å². The fourth-order valence-corrected chi connectivity index (χ4v) is 4.59. The summed E-state index contributed by atoms with van der Waals surface area (Å²) in [6.07, 6.45) is -0.724. The third kappa shape index (κ3) is 6.17. The van der Waals surface area contributed by atoms with Gasteiger partial charge in [0.1, 0.15) is 19.2 Å². The number of carbonyl (C=O) groups is 3. The van der Waals surface area contributed by atoms with Crippen molar-refractivity contribution in [3.8, 4) is 23.0 Å². The van der Waals surface area contributed by atoms with Crippen molar-refractivity contribution in [1.82, 2.24) is 10.2 Å². The molecule has 2 N–H and O–H groups in total. The Balaban J connectivity index is 1.46. The average molecular weight is 497 g/mol. The molecule has 0 heterocycles. The van der Waals surface area contributed by atoms with Crippen LogP contribution >= 0.6 is 0 Å². The Labute approximate surface area is 216 Å². The van der Waals surface area contributed by atoms with E-state index in [9.17, 15) is 19.5 Å². The van der Waals surface area contributed by atoms with Gasteiger partial charge in [-0.15, -0.1) is 11.8 Å². The number of aliphatic carboxylic acids is 1. The molecule has 0 bridgehead atoms. The molecule has 0 aliphatic heterocycles. The van der Waals surface area contributed by atoms with E-state index in [1.807, 2.05) is 66.7 Å². The van der Waals surface area contributed by atoms with Crippen LogP contribution in [0.1, 0.15) is 36.0 Å². The first-order valence-electron chi connectivity index (χ1n) is 12.0. The number of carboxylic acid groups (broad SMARTS) is 1. The lowest BCUT2D eigenvalue weighted by molar-refractivity contribution is -0.145. The molecule has 0 radical (unpaired) electrons. The summed E-state index contributed by atoms with van der Waals surface area (Å²) in [5.74, 6) is 3.73. The maximum Gasteiger partial charge on any atom is 0.407 e. The van der Waals surface area contributed by atoms with Crippen LogP contribution in [0.15, 0.2) is 78.9 Å². The summed E-state index contributed by atoms with van der Waals surface area (Å²) in [4.78, 5) is 38.9. The maximum atomic E-state index is 13.3. The smallest absolute Gasteiger partial charge is 0.407 e. The summed E-state index contributed by atoms with van der Waals surface area (Å²) in [6.45, 7) is 1.32. The van der Waals surface area contributed by atoms with Gasteiger partial charge in [-0.2, -0.15) is 0 Å². The summed E-state index contributed by atoms with van der Waals surface area (Å²) in [6, 6.07) is 24.1. The molecule has 0 aromatic heterocycles. The zero-order valence-corrected chi connectivity index (χ0v) is 20.5. The topological polar surface area (TPSA) is 95.9 Å². The molecule has 3 aromatic rings. The Morgan fingerprint density at radius 3 is 2.14 bits per heavy atom. The van der Waals surface area contributed by atoms with Crippen molar-refractivity contribution in [2.75, 3.05) is 13.2 Å². The lowest BCUT2D eigenvalue weighted by Gasteiger charge is -2.26. The number of nitrogens with one attached hydrogen (secondary N) is 1. The first kappa shape index (κ1) is 25.5. The quantitative estimate of drug-likeness (QED) is 0.428. The molecule has 1 aliphatic rings. The Morgan fingerprint density at radius 2 is 1.54 bits per heavy atom. The van der Waals surface area contributed by atoms with Crippen molar-refractivity contribution in [3.05, 3.63) is 95.6 Å². The SMILES string of the molecule is CC#CCC(NC(=O)OCC1c2ccccc2-c2ccccc21)C(=O)N(CC(=O)O)Cc1ccccc1. The van der Waals surface area contributed by atoms with Crippen LogP contribution < -0.4 is 5.32 Å². The normalized spacial score (nSPS) is 12.4. The molecule has 188 valence electrons. The molecule has 1 atom stereocenters. The predicted molar refractivity (Wildman–Crippen MR) is 140 cm³/mol. The van der Waals surface area contributed by atoms with E-state index in [1.165, 1.54) is 4.90 Å². The Bertz CT molecular complexity index is 1300. The van der Waals surface area contributed by atoms with E-state index in [0.29, 0.717) is 0 Å². The molecule has 7 nitrogen and oxygen atoms in total. The molecule has 0 fully saturated rings. The van der Waals surface area contributed by atoms with E-state index in [2.05, 4.69) is 29.3 Å². The number of amides is 2. The fourth-order valence-electron chi connectivity index (χ4n) is 4.59. The largest absolute Gasteiger partial charge is 0.480 e. The van der Waals surface area contributed by atoms with E-state index < -0.39 is 30.6 Å². The molecule has 7 heteroatoms. The highest BCUT2D eigenvalue weighted by atomic mass is 16.5.